The summed E-state index contributed by atoms with van der Waals surface area (Å²) in [5, 5.41) is 13.9. The Morgan fingerprint density at radius 1 is 1.55 bits per heavy atom. The fourth-order valence-electron chi connectivity index (χ4n) is 1.80. The first-order chi connectivity index (χ1) is 10.5. The van der Waals surface area contributed by atoms with Crippen LogP contribution in [0, 0.1) is 6.92 Å². The van der Waals surface area contributed by atoms with Gasteiger partial charge in [-0.3, -0.25) is 4.79 Å². The van der Waals surface area contributed by atoms with Gasteiger partial charge in [-0.25, -0.2) is 5.43 Å². The van der Waals surface area contributed by atoms with Crippen LogP contribution in [0.5, 0.6) is 11.5 Å². The third-order valence-corrected chi connectivity index (χ3v) is 3.30. The SMILES string of the molecule is CCOc1cc(Br)cc(/C=N/NC(=O)c2ccoc2C)c1O. The number of nitrogens with one attached hydrogen (secondary N) is 1. The van der Waals surface area contributed by atoms with E-state index >= 15 is 0 Å². The second kappa shape index (κ2) is 7.13. The molecule has 6 nitrogen and oxygen atoms in total. The van der Waals surface area contributed by atoms with Crippen LogP contribution in [0.3, 0.4) is 0 Å². The highest BCUT2D eigenvalue weighted by molar-refractivity contribution is 9.10. The summed E-state index contributed by atoms with van der Waals surface area (Å²) in [5.41, 5.74) is 3.20. The summed E-state index contributed by atoms with van der Waals surface area (Å²) < 4.78 is 11.1. The predicted molar refractivity (Wildman–Crippen MR) is 85.5 cm³/mol. The van der Waals surface area contributed by atoms with E-state index in [0.29, 0.717) is 29.2 Å². The molecule has 1 heterocycles. The number of carbonyl (C=O) groups is 1. The third-order valence-electron chi connectivity index (χ3n) is 2.84. The molecule has 0 radical (unpaired) electrons. The quantitative estimate of drug-likeness (QED) is 0.628. The number of aryl methyl sites for hydroxylation is 1. The molecule has 2 rings (SSSR count). The van der Waals surface area contributed by atoms with Gasteiger partial charge in [-0.05, 0) is 32.0 Å². The molecule has 0 aliphatic rings. The van der Waals surface area contributed by atoms with Crippen LogP contribution in [0.4, 0.5) is 0 Å². The Bertz CT molecular complexity index is 710. The largest absolute Gasteiger partial charge is 0.504 e. The number of phenolic OH excluding ortho intramolecular Hbond substituents is 1. The van der Waals surface area contributed by atoms with Crippen molar-refractivity contribution in [1.82, 2.24) is 5.43 Å². The van der Waals surface area contributed by atoms with Gasteiger partial charge in [-0.15, -0.1) is 0 Å². The van der Waals surface area contributed by atoms with Gasteiger partial charge >= 0.3 is 0 Å². The number of phenols is 1. The number of hydrogen-bond donors (Lipinski definition) is 2. The molecule has 0 unspecified atom stereocenters. The molecule has 2 aromatic rings. The van der Waals surface area contributed by atoms with Crippen molar-refractivity contribution >= 4 is 28.1 Å². The second-order valence-electron chi connectivity index (χ2n) is 4.36. The topological polar surface area (TPSA) is 84.1 Å². The summed E-state index contributed by atoms with van der Waals surface area (Å²) in [6.07, 6.45) is 2.78. The number of furan rings is 1. The van der Waals surface area contributed by atoms with Gasteiger partial charge in [0.1, 0.15) is 5.76 Å². The van der Waals surface area contributed by atoms with Crippen molar-refractivity contribution in [1.29, 1.82) is 0 Å². The Kier molecular flexibility index (Phi) is 5.21. The fraction of sp³-hybridized carbons (Fsp3) is 0.200. The first-order valence-corrected chi connectivity index (χ1v) is 7.35. The summed E-state index contributed by atoms with van der Waals surface area (Å²) in [6, 6.07) is 4.88. The lowest BCUT2D eigenvalue weighted by Gasteiger charge is -2.08. The molecule has 0 saturated heterocycles. The van der Waals surface area contributed by atoms with Crippen molar-refractivity contribution in [2.24, 2.45) is 5.10 Å². The average molecular weight is 367 g/mol. The molecule has 116 valence electrons. The second-order valence-corrected chi connectivity index (χ2v) is 5.28. The van der Waals surface area contributed by atoms with Crippen LogP contribution in [0.15, 0.2) is 38.5 Å². The van der Waals surface area contributed by atoms with Crippen LogP contribution in [-0.4, -0.2) is 23.8 Å². The first kappa shape index (κ1) is 16.1. The Labute approximate surface area is 135 Å². The minimum absolute atomic E-state index is 0.0393. The lowest BCUT2D eigenvalue weighted by atomic mass is 10.2. The predicted octanol–water partition coefficient (Wildman–Crippen LogP) is 3.22. The molecule has 1 amide bonds. The van der Waals surface area contributed by atoms with Gasteiger partial charge in [0, 0.05) is 10.0 Å². The normalized spacial score (nSPS) is 10.9. The lowest BCUT2D eigenvalue weighted by Crippen LogP contribution is -2.17. The van der Waals surface area contributed by atoms with Crippen LogP contribution >= 0.6 is 15.9 Å². The number of hydrazone groups is 1. The zero-order valence-electron chi connectivity index (χ0n) is 12.1. The summed E-state index contributed by atoms with van der Waals surface area (Å²) in [7, 11) is 0. The average Bonchev–Trinajstić information content (AvgIpc) is 2.90. The van der Waals surface area contributed by atoms with Gasteiger partial charge in [0.25, 0.3) is 5.91 Å². The molecular weight excluding hydrogens is 352 g/mol. The van der Waals surface area contributed by atoms with Crippen LogP contribution in [0.2, 0.25) is 0 Å². The highest BCUT2D eigenvalue weighted by Gasteiger charge is 2.11. The standard InChI is InChI=1S/C15H15BrN2O4/c1-3-21-13-7-11(16)6-10(14(13)19)8-17-18-15(20)12-4-5-22-9(12)2/h4-8,19H,3H2,1-2H3,(H,18,20)/b17-8+. The number of halogens is 1. The van der Waals surface area contributed by atoms with Gasteiger partial charge in [-0.1, -0.05) is 15.9 Å². The summed E-state index contributed by atoms with van der Waals surface area (Å²) in [5.74, 6) is 0.427. The first-order valence-electron chi connectivity index (χ1n) is 6.55. The lowest BCUT2D eigenvalue weighted by molar-refractivity contribution is 0.0953. The molecular formula is C15H15BrN2O4. The maximum atomic E-state index is 11.9. The maximum absolute atomic E-state index is 11.9. The molecule has 0 spiro atoms. The van der Waals surface area contributed by atoms with Crippen molar-refractivity contribution in [2.45, 2.75) is 13.8 Å². The summed E-state index contributed by atoms with van der Waals surface area (Å²) >= 11 is 3.33. The van der Waals surface area contributed by atoms with E-state index in [2.05, 4.69) is 26.5 Å². The van der Waals surface area contributed by atoms with E-state index in [0.717, 1.165) is 4.47 Å². The molecule has 1 aromatic heterocycles. The van der Waals surface area contributed by atoms with Crippen LogP contribution in [-0.2, 0) is 0 Å². The van der Waals surface area contributed by atoms with Crippen LogP contribution < -0.4 is 10.2 Å². The Morgan fingerprint density at radius 2 is 2.32 bits per heavy atom. The van der Waals surface area contributed by atoms with Crippen molar-refractivity contribution in [2.75, 3.05) is 6.61 Å². The maximum Gasteiger partial charge on any atom is 0.274 e. The summed E-state index contributed by atoms with van der Waals surface area (Å²) in [4.78, 5) is 11.9. The van der Waals surface area contributed by atoms with E-state index in [1.165, 1.54) is 12.5 Å². The molecule has 0 fully saturated rings. The molecule has 2 N–H and O–H groups in total. The molecule has 0 bridgehead atoms. The van der Waals surface area contributed by atoms with E-state index in [1.54, 1.807) is 25.1 Å². The number of nitrogens with zero attached hydrogens (tertiary/aromatic N) is 1. The highest BCUT2D eigenvalue weighted by Crippen LogP contribution is 2.32. The van der Waals surface area contributed by atoms with E-state index in [1.807, 2.05) is 6.92 Å². The van der Waals surface area contributed by atoms with Gasteiger partial charge in [0.15, 0.2) is 11.5 Å². The third kappa shape index (κ3) is 3.67. The van der Waals surface area contributed by atoms with Gasteiger partial charge in [0.05, 0.1) is 24.6 Å². The van der Waals surface area contributed by atoms with Crippen molar-refractivity contribution in [3.8, 4) is 11.5 Å². The molecule has 0 aliphatic heterocycles. The van der Waals surface area contributed by atoms with Gasteiger partial charge < -0.3 is 14.3 Å². The smallest absolute Gasteiger partial charge is 0.274 e. The number of hydrogen-bond acceptors (Lipinski definition) is 5. The molecule has 0 saturated carbocycles. The number of benzene rings is 1. The van der Waals surface area contributed by atoms with Crippen molar-refractivity contribution in [3.05, 3.63) is 45.8 Å². The number of rotatable bonds is 5. The Balaban J connectivity index is 2.13. The highest BCUT2D eigenvalue weighted by atomic mass is 79.9. The minimum Gasteiger partial charge on any atom is -0.504 e. The van der Waals surface area contributed by atoms with Crippen LogP contribution in [0.1, 0.15) is 28.6 Å². The van der Waals surface area contributed by atoms with Crippen molar-refractivity contribution in [3.63, 3.8) is 0 Å². The number of carbonyl (C=O) groups excluding carboxylic acids is 1. The number of amides is 1. The number of ether oxygens (including phenoxy) is 1. The van der Waals surface area contributed by atoms with Gasteiger partial charge in [-0.2, -0.15) is 5.10 Å². The molecule has 0 atom stereocenters. The van der Waals surface area contributed by atoms with Crippen LogP contribution in [0.25, 0.3) is 0 Å². The summed E-state index contributed by atoms with van der Waals surface area (Å²) in [6.45, 7) is 3.94. The molecule has 1 aromatic carbocycles. The Hall–Kier alpha value is -2.28. The van der Waals surface area contributed by atoms with E-state index in [4.69, 9.17) is 9.15 Å². The minimum atomic E-state index is -0.387. The molecule has 7 heteroatoms. The van der Waals surface area contributed by atoms with E-state index in [9.17, 15) is 9.90 Å². The molecule has 0 aliphatic carbocycles. The van der Waals surface area contributed by atoms with E-state index in [-0.39, 0.29) is 11.7 Å². The fourth-order valence-corrected chi connectivity index (χ4v) is 2.25. The zero-order chi connectivity index (χ0) is 16.1. The van der Waals surface area contributed by atoms with Crippen molar-refractivity contribution < 1.29 is 19.1 Å². The molecule has 22 heavy (non-hydrogen) atoms. The van der Waals surface area contributed by atoms with Gasteiger partial charge in [0.2, 0.25) is 0 Å². The monoisotopic (exact) mass is 366 g/mol. The Morgan fingerprint density at radius 3 is 2.95 bits per heavy atom. The van der Waals surface area contributed by atoms with E-state index < -0.39 is 0 Å². The zero-order valence-corrected chi connectivity index (χ0v) is 13.7. The number of aromatic hydroxyl groups is 1.